The number of ether oxygens (including phenoxy) is 1. The van der Waals surface area contributed by atoms with Crippen LogP contribution in [0.15, 0.2) is 24.3 Å². The first kappa shape index (κ1) is 9.53. The van der Waals surface area contributed by atoms with Gasteiger partial charge >= 0.3 is 0 Å². The topological polar surface area (TPSA) is 23.3 Å². The molecule has 1 heterocycles. The molecule has 1 saturated heterocycles. The van der Waals surface area contributed by atoms with Crippen LogP contribution in [0, 0.1) is 0 Å². The van der Waals surface area contributed by atoms with Crippen molar-refractivity contribution in [3.63, 3.8) is 0 Å². The van der Waals surface area contributed by atoms with E-state index in [0.717, 1.165) is 18.7 Å². The largest absolute Gasteiger partial charge is 0.497 e. The predicted octanol–water partition coefficient (Wildman–Crippen LogP) is 2.00. The highest BCUT2D eigenvalue weighted by molar-refractivity contribution is 5.27. The van der Waals surface area contributed by atoms with Crippen LogP contribution in [0.25, 0.3) is 0 Å². The van der Waals surface area contributed by atoms with E-state index in [1.54, 1.807) is 7.11 Å². The van der Waals surface area contributed by atoms with Crippen molar-refractivity contribution in [2.24, 2.45) is 0 Å². The van der Waals surface area contributed by atoms with Crippen LogP contribution in [0.1, 0.15) is 18.4 Å². The maximum atomic E-state index is 5.12. The van der Waals surface area contributed by atoms with Crippen LogP contribution in [-0.2, 0) is 6.42 Å². The highest BCUT2D eigenvalue weighted by atomic mass is 16.5. The maximum Gasteiger partial charge on any atom is 0.118 e. The van der Waals surface area contributed by atoms with Crippen LogP contribution in [0.2, 0.25) is 0 Å². The van der Waals surface area contributed by atoms with E-state index in [1.807, 2.05) is 12.1 Å². The van der Waals surface area contributed by atoms with Gasteiger partial charge in [-0.1, -0.05) is 12.1 Å². The summed E-state index contributed by atoms with van der Waals surface area (Å²) in [5.74, 6) is 0.928. The lowest BCUT2D eigenvalue weighted by atomic mass is 10.0. The van der Waals surface area contributed by atoms with Crippen molar-refractivity contribution in [2.75, 3.05) is 13.7 Å². The van der Waals surface area contributed by atoms with E-state index in [0.29, 0.717) is 6.04 Å². The minimum Gasteiger partial charge on any atom is -0.497 e. The summed E-state index contributed by atoms with van der Waals surface area (Å²) in [6.07, 6.45) is 3.61. The number of hydrogen-bond acceptors (Lipinski definition) is 1. The summed E-state index contributed by atoms with van der Waals surface area (Å²) in [4.78, 5) is 0. The standard InChI is InChI=1S/C12H16NO/c1-14-12-6-4-10(5-7-12)9-11-3-2-8-13-11/h4-7,11H,2-3,8-9H2,1H3. The molecule has 0 bridgehead atoms. The summed E-state index contributed by atoms with van der Waals surface area (Å²) in [7, 11) is 1.70. The van der Waals surface area contributed by atoms with Crippen molar-refractivity contribution in [1.82, 2.24) is 5.32 Å². The van der Waals surface area contributed by atoms with Gasteiger partial charge in [-0.25, -0.2) is 5.32 Å². The molecule has 1 aromatic carbocycles. The van der Waals surface area contributed by atoms with Crippen molar-refractivity contribution in [3.8, 4) is 5.75 Å². The van der Waals surface area contributed by atoms with Gasteiger partial charge in [-0.15, -0.1) is 0 Å². The third kappa shape index (κ3) is 2.26. The van der Waals surface area contributed by atoms with Crippen molar-refractivity contribution in [3.05, 3.63) is 29.8 Å². The SMILES string of the molecule is COc1ccc(CC2CCC[N]2)cc1. The van der Waals surface area contributed by atoms with E-state index in [4.69, 9.17) is 4.74 Å². The maximum absolute atomic E-state index is 5.12. The van der Waals surface area contributed by atoms with Crippen molar-refractivity contribution in [2.45, 2.75) is 25.3 Å². The summed E-state index contributed by atoms with van der Waals surface area (Å²) < 4.78 is 5.12. The Balaban J connectivity index is 1.95. The molecule has 1 aromatic rings. The average Bonchev–Trinajstić information content (AvgIpc) is 2.72. The molecule has 0 saturated carbocycles. The van der Waals surface area contributed by atoms with Crippen molar-refractivity contribution < 1.29 is 4.74 Å². The summed E-state index contributed by atoms with van der Waals surface area (Å²) >= 11 is 0. The van der Waals surface area contributed by atoms with Crippen LogP contribution in [0.5, 0.6) is 5.75 Å². The van der Waals surface area contributed by atoms with Gasteiger partial charge in [0.25, 0.3) is 0 Å². The quantitative estimate of drug-likeness (QED) is 0.715. The van der Waals surface area contributed by atoms with Crippen LogP contribution in [0.3, 0.4) is 0 Å². The van der Waals surface area contributed by atoms with Gasteiger partial charge in [-0.3, -0.25) is 0 Å². The lowest BCUT2D eigenvalue weighted by Crippen LogP contribution is -2.16. The first-order valence-corrected chi connectivity index (χ1v) is 5.18. The van der Waals surface area contributed by atoms with Crippen LogP contribution < -0.4 is 10.1 Å². The molecule has 0 amide bonds. The second-order valence-electron chi connectivity index (χ2n) is 3.75. The Morgan fingerprint density at radius 2 is 2.14 bits per heavy atom. The smallest absolute Gasteiger partial charge is 0.118 e. The number of hydrogen-bond donors (Lipinski definition) is 0. The second-order valence-corrected chi connectivity index (χ2v) is 3.75. The third-order valence-electron chi connectivity index (χ3n) is 2.71. The normalized spacial score (nSPS) is 21.1. The third-order valence-corrected chi connectivity index (χ3v) is 2.71. The Labute approximate surface area is 85.3 Å². The predicted molar refractivity (Wildman–Crippen MR) is 56.7 cm³/mol. The fourth-order valence-corrected chi connectivity index (χ4v) is 1.89. The molecule has 1 unspecified atom stereocenters. The highest BCUT2D eigenvalue weighted by Gasteiger charge is 2.15. The Bertz CT molecular complexity index is 275. The van der Waals surface area contributed by atoms with Gasteiger partial charge in [-0.2, -0.15) is 0 Å². The van der Waals surface area contributed by atoms with Gasteiger partial charge in [0.1, 0.15) is 5.75 Å². The minimum atomic E-state index is 0.559. The van der Waals surface area contributed by atoms with Gasteiger partial charge in [0.15, 0.2) is 0 Å². The summed E-state index contributed by atoms with van der Waals surface area (Å²) in [5.41, 5.74) is 1.36. The van der Waals surface area contributed by atoms with Gasteiger partial charge in [-0.05, 0) is 37.0 Å². The highest BCUT2D eigenvalue weighted by Crippen LogP contribution is 2.16. The molecular weight excluding hydrogens is 174 g/mol. The van der Waals surface area contributed by atoms with Crippen LogP contribution in [-0.4, -0.2) is 19.7 Å². The monoisotopic (exact) mass is 190 g/mol. The van der Waals surface area contributed by atoms with E-state index in [9.17, 15) is 0 Å². The molecule has 1 atom stereocenters. The Kier molecular flexibility index (Phi) is 3.04. The lowest BCUT2D eigenvalue weighted by molar-refractivity contribution is 0.414. The zero-order valence-electron chi connectivity index (χ0n) is 8.57. The number of benzene rings is 1. The molecule has 2 rings (SSSR count). The number of nitrogens with zero attached hydrogens (tertiary/aromatic N) is 1. The first-order valence-electron chi connectivity index (χ1n) is 5.18. The molecular formula is C12H16NO. The van der Waals surface area contributed by atoms with Crippen molar-refractivity contribution >= 4 is 0 Å². The Morgan fingerprint density at radius 3 is 2.71 bits per heavy atom. The number of rotatable bonds is 3. The minimum absolute atomic E-state index is 0.559. The summed E-state index contributed by atoms with van der Waals surface area (Å²) in [6.45, 7) is 1.06. The van der Waals surface area contributed by atoms with Crippen molar-refractivity contribution in [1.29, 1.82) is 0 Å². The molecule has 0 aliphatic carbocycles. The van der Waals surface area contributed by atoms with Gasteiger partial charge in [0.2, 0.25) is 0 Å². The van der Waals surface area contributed by atoms with E-state index >= 15 is 0 Å². The second kappa shape index (κ2) is 4.47. The van der Waals surface area contributed by atoms with E-state index in [1.165, 1.54) is 18.4 Å². The fraction of sp³-hybridized carbons (Fsp3) is 0.500. The van der Waals surface area contributed by atoms with Gasteiger partial charge < -0.3 is 4.74 Å². The lowest BCUT2D eigenvalue weighted by Gasteiger charge is -2.08. The number of methoxy groups -OCH3 is 1. The van der Waals surface area contributed by atoms with Crippen LogP contribution in [0.4, 0.5) is 0 Å². The Morgan fingerprint density at radius 1 is 1.36 bits per heavy atom. The van der Waals surface area contributed by atoms with Gasteiger partial charge in [0.05, 0.1) is 7.11 Å². The molecule has 1 fully saturated rings. The fourth-order valence-electron chi connectivity index (χ4n) is 1.89. The zero-order chi connectivity index (χ0) is 9.80. The van der Waals surface area contributed by atoms with Crippen LogP contribution >= 0.6 is 0 Å². The molecule has 0 N–H and O–H groups in total. The Hall–Kier alpha value is -1.02. The zero-order valence-corrected chi connectivity index (χ0v) is 8.57. The molecule has 0 aromatic heterocycles. The van der Waals surface area contributed by atoms with Gasteiger partial charge in [0, 0.05) is 12.6 Å². The summed E-state index contributed by atoms with van der Waals surface area (Å²) in [5, 5.41) is 4.54. The molecule has 2 heteroatoms. The molecule has 0 spiro atoms. The van der Waals surface area contributed by atoms with E-state index in [-0.39, 0.29) is 0 Å². The molecule has 1 radical (unpaired) electrons. The molecule has 1 aliphatic rings. The first-order chi connectivity index (χ1) is 6.88. The molecule has 1 aliphatic heterocycles. The average molecular weight is 190 g/mol. The molecule has 2 nitrogen and oxygen atoms in total. The summed E-state index contributed by atoms with van der Waals surface area (Å²) in [6, 6.07) is 8.86. The van der Waals surface area contributed by atoms with E-state index < -0.39 is 0 Å². The van der Waals surface area contributed by atoms with E-state index in [2.05, 4.69) is 17.4 Å². The molecule has 75 valence electrons. The molecule has 14 heavy (non-hydrogen) atoms.